The molecule has 1 unspecified atom stereocenters. The summed E-state index contributed by atoms with van der Waals surface area (Å²) in [6.07, 6.45) is 3.01. The molecule has 0 aromatic carbocycles. The van der Waals surface area contributed by atoms with Crippen LogP contribution in [-0.2, 0) is 9.59 Å². The number of rotatable bonds is 5. The predicted molar refractivity (Wildman–Crippen MR) is 70.1 cm³/mol. The van der Waals surface area contributed by atoms with Crippen molar-refractivity contribution in [2.75, 3.05) is 0 Å². The summed E-state index contributed by atoms with van der Waals surface area (Å²) in [7, 11) is 0. The maximum absolute atomic E-state index is 12.3. The lowest BCUT2D eigenvalue weighted by Crippen LogP contribution is -2.48. The highest BCUT2D eigenvalue weighted by atomic mass is 16.4. The summed E-state index contributed by atoms with van der Waals surface area (Å²) in [5, 5.41) is 12.2. The Balaban J connectivity index is 2.74. The van der Waals surface area contributed by atoms with Crippen molar-refractivity contribution in [2.24, 2.45) is 17.8 Å². The summed E-state index contributed by atoms with van der Waals surface area (Å²) in [5.41, 5.74) is -0.216. The van der Waals surface area contributed by atoms with Crippen molar-refractivity contribution < 1.29 is 14.7 Å². The van der Waals surface area contributed by atoms with Crippen molar-refractivity contribution in [3.8, 4) is 0 Å². The van der Waals surface area contributed by atoms with Gasteiger partial charge in [0.15, 0.2) is 0 Å². The molecule has 3 atom stereocenters. The molecule has 1 saturated carbocycles. The van der Waals surface area contributed by atoms with Crippen LogP contribution in [0.25, 0.3) is 0 Å². The molecule has 4 heteroatoms. The topological polar surface area (TPSA) is 66.4 Å². The van der Waals surface area contributed by atoms with Crippen LogP contribution in [0.1, 0.15) is 53.4 Å². The van der Waals surface area contributed by atoms with Crippen LogP contribution in [0.5, 0.6) is 0 Å². The molecule has 0 bridgehead atoms. The second kappa shape index (κ2) is 5.72. The van der Waals surface area contributed by atoms with Crippen molar-refractivity contribution in [1.82, 2.24) is 5.32 Å². The van der Waals surface area contributed by atoms with Crippen LogP contribution in [0.4, 0.5) is 0 Å². The fourth-order valence-electron chi connectivity index (χ4n) is 2.67. The van der Waals surface area contributed by atoms with Gasteiger partial charge >= 0.3 is 5.97 Å². The van der Waals surface area contributed by atoms with Crippen LogP contribution in [0.15, 0.2) is 0 Å². The monoisotopic (exact) mass is 255 g/mol. The van der Waals surface area contributed by atoms with E-state index in [9.17, 15) is 14.7 Å². The molecule has 1 rings (SSSR count). The van der Waals surface area contributed by atoms with E-state index in [0.29, 0.717) is 18.8 Å². The highest BCUT2D eigenvalue weighted by Gasteiger charge is 2.42. The zero-order chi connectivity index (χ0) is 13.9. The van der Waals surface area contributed by atoms with E-state index in [1.165, 1.54) is 0 Å². The molecule has 0 aromatic rings. The molecule has 0 aromatic heterocycles. The fourth-order valence-corrected chi connectivity index (χ4v) is 2.67. The molecule has 18 heavy (non-hydrogen) atoms. The lowest BCUT2D eigenvalue weighted by atomic mass is 9.91. The number of hydrogen-bond donors (Lipinski definition) is 2. The molecule has 1 aliphatic carbocycles. The van der Waals surface area contributed by atoms with Gasteiger partial charge in [-0.3, -0.25) is 9.59 Å². The first-order valence-electron chi connectivity index (χ1n) is 6.87. The van der Waals surface area contributed by atoms with Gasteiger partial charge in [-0.1, -0.05) is 20.8 Å². The van der Waals surface area contributed by atoms with Crippen molar-refractivity contribution >= 4 is 11.9 Å². The van der Waals surface area contributed by atoms with Gasteiger partial charge in [0.25, 0.3) is 0 Å². The number of carboxylic acids is 1. The Morgan fingerprint density at radius 3 is 2.17 bits per heavy atom. The molecule has 104 valence electrons. The molecule has 1 aliphatic rings. The van der Waals surface area contributed by atoms with Gasteiger partial charge in [-0.05, 0) is 38.5 Å². The summed E-state index contributed by atoms with van der Waals surface area (Å²) in [5.74, 6) is -1.49. The molecule has 0 radical (unpaired) electrons. The number of aliphatic carboxylic acids is 1. The Morgan fingerprint density at radius 1 is 1.22 bits per heavy atom. The molecule has 4 nitrogen and oxygen atoms in total. The van der Waals surface area contributed by atoms with E-state index in [1.807, 2.05) is 27.7 Å². The van der Waals surface area contributed by atoms with Gasteiger partial charge in [-0.25, -0.2) is 0 Å². The summed E-state index contributed by atoms with van der Waals surface area (Å²) in [6.45, 7) is 8.10. The number of nitrogens with one attached hydrogen (secondary N) is 1. The first kappa shape index (κ1) is 15.0. The van der Waals surface area contributed by atoms with Crippen LogP contribution in [-0.4, -0.2) is 22.5 Å². The van der Waals surface area contributed by atoms with Gasteiger partial charge < -0.3 is 10.4 Å². The van der Waals surface area contributed by atoms with Crippen molar-refractivity contribution in [3.63, 3.8) is 0 Å². The quantitative estimate of drug-likeness (QED) is 0.793. The van der Waals surface area contributed by atoms with E-state index in [-0.39, 0.29) is 17.4 Å². The summed E-state index contributed by atoms with van der Waals surface area (Å²) in [4.78, 5) is 23.5. The molecule has 0 spiro atoms. The van der Waals surface area contributed by atoms with Crippen LogP contribution in [0.2, 0.25) is 0 Å². The molecule has 2 N–H and O–H groups in total. The van der Waals surface area contributed by atoms with Crippen molar-refractivity contribution in [1.29, 1.82) is 0 Å². The smallest absolute Gasteiger partial charge is 0.307 e. The number of carboxylic acid groups (broad SMARTS) is 1. The van der Waals surface area contributed by atoms with E-state index in [1.54, 1.807) is 0 Å². The van der Waals surface area contributed by atoms with Crippen LogP contribution >= 0.6 is 0 Å². The molecule has 0 aliphatic heterocycles. The molecule has 0 heterocycles. The second-order valence-electron chi connectivity index (χ2n) is 5.88. The SMILES string of the molecule is CCC(C)(CC)NC(=O)[C@H]1CC(C)C[C@H]1C(=O)O. The second-order valence-corrected chi connectivity index (χ2v) is 5.88. The van der Waals surface area contributed by atoms with Crippen LogP contribution in [0.3, 0.4) is 0 Å². The highest BCUT2D eigenvalue weighted by Crippen LogP contribution is 2.37. The van der Waals surface area contributed by atoms with Gasteiger partial charge in [0.1, 0.15) is 0 Å². The minimum absolute atomic E-state index is 0.0852. The minimum Gasteiger partial charge on any atom is -0.481 e. The Kier molecular flexibility index (Phi) is 4.77. The van der Waals surface area contributed by atoms with E-state index in [2.05, 4.69) is 5.32 Å². The third kappa shape index (κ3) is 3.24. The van der Waals surface area contributed by atoms with Gasteiger partial charge in [-0.2, -0.15) is 0 Å². The standard InChI is InChI=1S/C14H25NO3/c1-5-14(4,6-2)15-12(16)10-7-9(3)8-11(10)13(17)18/h9-11H,5-8H2,1-4H3,(H,15,16)(H,17,18)/t9?,10-,11+/m0/s1. The maximum Gasteiger partial charge on any atom is 0.307 e. The lowest BCUT2D eigenvalue weighted by Gasteiger charge is -2.30. The summed E-state index contributed by atoms with van der Waals surface area (Å²) in [6, 6.07) is 0. The number of carbonyl (C=O) groups excluding carboxylic acids is 1. The number of hydrogen-bond acceptors (Lipinski definition) is 2. The predicted octanol–water partition coefficient (Wildman–Crippen LogP) is 2.43. The van der Waals surface area contributed by atoms with Gasteiger partial charge in [-0.15, -0.1) is 0 Å². The van der Waals surface area contributed by atoms with Gasteiger partial charge in [0.2, 0.25) is 5.91 Å². The molecular formula is C14H25NO3. The molecule has 0 saturated heterocycles. The first-order chi connectivity index (χ1) is 8.33. The third-order valence-electron chi connectivity index (χ3n) is 4.44. The maximum atomic E-state index is 12.3. The van der Waals surface area contributed by atoms with E-state index >= 15 is 0 Å². The van der Waals surface area contributed by atoms with Crippen molar-refractivity contribution in [2.45, 2.75) is 58.9 Å². The zero-order valence-corrected chi connectivity index (χ0v) is 11.8. The zero-order valence-electron chi connectivity index (χ0n) is 11.8. The Labute approximate surface area is 109 Å². The van der Waals surface area contributed by atoms with Crippen LogP contribution in [0, 0.1) is 17.8 Å². The fraction of sp³-hybridized carbons (Fsp3) is 0.857. The normalized spacial score (nSPS) is 28.1. The Morgan fingerprint density at radius 2 is 1.72 bits per heavy atom. The molecule has 1 amide bonds. The van der Waals surface area contributed by atoms with E-state index in [0.717, 1.165) is 12.8 Å². The highest BCUT2D eigenvalue weighted by molar-refractivity contribution is 5.85. The third-order valence-corrected chi connectivity index (χ3v) is 4.44. The number of amides is 1. The summed E-state index contributed by atoms with van der Waals surface area (Å²) >= 11 is 0. The Hall–Kier alpha value is -1.06. The molecule has 1 fully saturated rings. The summed E-state index contributed by atoms with van der Waals surface area (Å²) < 4.78 is 0. The van der Waals surface area contributed by atoms with Gasteiger partial charge in [0.05, 0.1) is 11.8 Å². The average Bonchev–Trinajstić information content (AvgIpc) is 2.71. The van der Waals surface area contributed by atoms with E-state index < -0.39 is 11.9 Å². The molecular weight excluding hydrogens is 230 g/mol. The minimum atomic E-state index is -0.839. The lowest BCUT2D eigenvalue weighted by molar-refractivity contribution is -0.146. The van der Waals surface area contributed by atoms with Crippen molar-refractivity contribution in [3.05, 3.63) is 0 Å². The average molecular weight is 255 g/mol. The van der Waals surface area contributed by atoms with Gasteiger partial charge in [0, 0.05) is 5.54 Å². The Bertz CT molecular complexity index is 323. The largest absolute Gasteiger partial charge is 0.481 e. The van der Waals surface area contributed by atoms with E-state index in [4.69, 9.17) is 0 Å². The van der Waals surface area contributed by atoms with Crippen LogP contribution < -0.4 is 5.32 Å². The first-order valence-corrected chi connectivity index (χ1v) is 6.87. The number of carbonyl (C=O) groups is 2.